The second-order valence-electron chi connectivity index (χ2n) is 11.2. The number of carbonyl (C=O) groups excluding carboxylic acids is 2. The van der Waals surface area contributed by atoms with Gasteiger partial charge in [-0.1, -0.05) is 69.3 Å². The van der Waals surface area contributed by atoms with Crippen molar-refractivity contribution in [2.24, 2.45) is 5.92 Å². The summed E-state index contributed by atoms with van der Waals surface area (Å²) < 4.78 is 8.89. The number of aromatic nitrogens is 2. The first-order valence-electron chi connectivity index (χ1n) is 12.3. The van der Waals surface area contributed by atoms with E-state index in [0.717, 1.165) is 17.0 Å². The SMILES string of the molecule is CC(C)(C)[Si](C)(C)O[C@H]1C[C@@H]2C(=O)N(c3ccccc3)C(=O)[C@@H]2c2c1ncn2Cc1ccccc1. The number of anilines is 1. The van der Waals surface area contributed by atoms with Crippen molar-refractivity contribution in [3.63, 3.8) is 0 Å². The van der Waals surface area contributed by atoms with Gasteiger partial charge in [-0.05, 0) is 42.2 Å². The summed E-state index contributed by atoms with van der Waals surface area (Å²) in [5, 5.41) is 0.0161. The Kier molecular flexibility index (Phi) is 5.80. The van der Waals surface area contributed by atoms with Gasteiger partial charge in [0.2, 0.25) is 11.8 Å². The Bertz CT molecular complexity index is 1250. The zero-order valence-corrected chi connectivity index (χ0v) is 22.1. The van der Waals surface area contributed by atoms with Crippen molar-refractivity contribution in [2.45, 2.75) is 63.9 Å². The van der Waals surface area contributed by atoms with E-state index < -0.39 is 20.2 Å². The Morgan fingerprint density at radius 3 is 2.23 bits per heavy atom. The van der Waals surface area contributed by atoms with Crippen LogP contribution in [-0.2, 0) is 20.6 Å². The maximum absolute atomic E-state index is 13.8. The second-order valence-corrected chi connectivity index (χ2v) is 15.9. The number of hydrogen-bond acceptors (Lipinski definition) is 4. The van der Waals surface area contributed by atoms with Gasteiger partial charge >= 0.3 is 0 Å². The van der Waals surface area contributed by atoms with E-state index in [2.05, 4.69) is 46.0 Å². The van der Waals surface area contributed by atoms with Crippen LogP contribution in [-0.4, -0.2) is 29.7 Å². The van der Waals surface area contributed by atoms with Crippen molar-refractivity contribution in [3.05, 3.63) is 83.9 Å². The van der Waals surface area contributed by atoms with Crippen molar-refractivity contribution >= 4 is 25.8 Å². The zero-order chi connectivity index (χ0) is 25.0. The van der Waals surface area contributed by atoms with Gasteiger partial charge in [0.25, 0.3) is 0 Å². The first-order chi connectivity index (χ1) is 16.6. The van der Waals surface area contributed by atoms with Crippen LogP contribution < -0.4 is 4.90 Å². The van der Waals surface area contributed by atoms with E-state index in [9.17, 15) is 9.59 Å². The molecule has 2 aliphatic rings. The smallest absolute Gasteiger partial charge is 0.243 e. The standard InChI is InChI=1S/C28H33N3O3Si/c1-28(2,3)35(4,5)34-22-16-21-23(27(33)31(26(21)32)20-14-10-7-11-15-20)25-24(22)29-18-30(25)17-19-12-8-6-9-13-19/h6-15,18,21-23H,16-17H2,1-5H3/t21-,22-,23-/m0/s1. The lowest BCUT2D eigenvalue weighted by atomic mass is 9.80. The number of para-hydroxylation sites is 1. The van der Waals surface area contributed by atoms with Crippen molar-refractivity contribution in [2.75, 3.05) is 4.90 Å². The summed E-state index contributed by atoms with van der Waals surface area (Å²) >= 11 is 0. The monoisotopic (exact) mass is 487 g/mol. The molecule has 7 heteroatoms. The Hall–Kier alpha value is -3.03. The van der Waals surface area contributed by atoms with Gasteiger partial charge in [0.15, 0.2) is 8.32 Å². The summed E-state index contributed by atoms with van der Waals surface area (Å²) in [4.78, 5) is 33.7. The Morgan fingerprint density at radius 2 is 1.60 bits per heavy atom. The summed E-state index contributed by atoms with van der Waals surface area (Å²) in [6.07, 6.45) is 1.97. The highest BCUT2D eigenvalue weighted by Gasteiger charge is 2.56. The fourth-order valence-corrected chi connectivity index (χ4v) is 6.26. The molecule has 5 rings (SSSR count). The van der Waals surface area contributed by atoms with Gasteiger partial charge in [0, 0.05) is 6.54 Å². The molecule has 1 aliphatic carbocycles. The molecule has 1 fully saturated rings. The van der Waals surface area contributed by atoms with Crippen molar-refractivity contribution in [1.29, 1.82) is 0 Å². The molecular weight excluding hydrogens is 454 g/mol. The van der Waals surface area contributed by atoms with E-state index in [1.165, 1.54) is 4.90 Å². The number of hydrogen-bond donors (Lipinski definition) is 0. The van der Waals surface area contributed by atoms with Crippen LogP contribution in [0, 0.1) is 5.92 Å². The lowest BCUT2D eigenvalue weighted by Gasteiger charge is -2.41. The highest BCUT2D eigenvalue weighted by Crippen LogP contribution is 2.51. The molecule has 2 amide bonds. The molecule has 0 unspecified atom stereocenters. The second kappa shape index (κ2) is 8.57. The minimum atomic E-state index is -2.15. The quantitative estimate of drug-likeness (QED) is 0.344. The molecule has 1 aliphatic heterocycles. The van der Waals surface area contributed by atoms with E-state index in [1.807, 2.05) is 59.4 Å². The summed E-state index contributed by atoms with van der Waals surface area (Å²) in [5.74, 6) is -1.33. The number of nitrogens with zero attached hydrogens (tertiary/aromatic N) is 3. The van der Waals surface area contributed by atoms with Crippen LogP contribution in [0.3, 0.4) is 0 Å². The fourth-order valence-electron chi connectivity index (χ4n) is 4.98. The molecule has 35 heavy (non-hydrogen) atoms. The van der Waals surface area contributed by atoms with E-state index in [4.69, 9.17) is 9.41 Å². The van der Waals surface area contributed by atoms with E-state index in [-0.39, 0.29) is 23.0 Å². The molecule has 1 saturated heterocycles. The van der Waals surface area contributed by atoms with Gasteiger partial charge in [-0.3, -0.25) is 9.59 Å². The van der Waals surface area contributed by atoms with Crippen LogP contribution in [0.15, 0.2) is 67.0 Å². The van der Waals surface area contributed by atoms with Crippen LogP contribution in [0.5, 0.6) is 0 Å². The van der Waals surface area contributed by atoms with Crippen molar-refractivity contribution < 1.29 is 14.0 Å². The predicted molar refractivity (Wildman–Crippen MR) is 139 cm³/mol. The molecule has 0 bridgehead atoms. The summed E-state index contributed by atoms with van der Waals surface area (Å²) in [6.45, 7) is 11.7. The summed E-state index contributed by atoms with van der Waals surface area (Å²) in [7, 11) is -2.15. The third-order valence-corrected chi connectivity index (χ3v) is 12.3. The first-order valence-corrected chi connectivity index (χ1v) is 15.2. The third-order valence-electron chi connectivity index (χ3n) is 7.86. The number of fused-ring (bicyclic) bond motifs is 3. The molecule has 3 aromatic rings. The topological polar surface area (TPSA) is 64.4 Å². The highest BCUT2D eigenvalue weighted by molar-refractivity contribution is 6.74. The van der Waals surface area contributed by atoms with Gasteiger partial charge in [0.05, 0.1) is 41.3 Å². The van der Waals surface area contributed by atoms with Crippen LogP contribution >= 0.6 is 0 Å². The van der Waals surface area contributed by atoms with Crippen molar-refractivity contribution in [3.8, 4) is 0 Å². The minimum Gasteiger partial charge on any atom is -0.408 e. The number of imide groups is 1. The molecule has 0 N–H and O–H groups in total. The average molecular weight is 488 g/mol. The van der Waals surface area contributed by atoms with Gasteiger partial charge < -0.3 is 8.99 Å². The molecule has 182 valence electrons. The number of carbonyl (C=O) groups is 2. The van der Waals surface area contributed by atoms with Gasteiger partial charge in [-0.2, -0.15) is 0 Å². The number of benzene rings is 2. The zero-order valence-electron chi connectivity index (χ0n) is 21.1. The molecule has 2 aromatic carbocycles. The molecule has 2 heterocycles. The number of imidazole rings is 1. The lowest BCUT2D eigenvalue weighted by Crippen LogP contribution is -2.43. The summed E-state index contributed by atoms with van der Waals surface area (Å²) in [6, 6.07) is 19.4. The van der Waals surface area contributed by atoms with Gasteiger partial charge in [-0.25, -0.2) is 9.88 Å². The molecule has 0 saturated carbocycles. The molecule has 1 aromatic heterocycles. The Morgan fingerprint density at radius 1 is 0.971 bits per heavy atom. The fraction of sp³-hybridized carbons (Fsp3) is 0.393. The Balaban J connectivity index is 1.59. The van der Waals surface area contributed by atoms with Gasteiger partial charge in [0.1, 0.15) is 0 Å². The van der Waals surface area contributed by atoms with Crippen LogP contribution in [0.1, 0.15) is 56.2 Å². The largest absolute Gasteiger partial charge is 0.408 e. The molecule has 6 nitrogen and oxygen atoms in total. The summed E-state index contributed by atoms with van der Waals surface area (Å²) in [5.41, 5.74) is 3.37. The average Bonchev–Trinajstić information content (AvgIpc) is 3.33. The lowest BCUT2D eigenvalue weighted by molar-refractivity contribution is -0.122. The van der Waals surface area contributed by atoms with Crippen LogP contribution in [0.4, 0.5) is 5.69 Å². The molecule has 0 radical (unpaired) electrons. The van der Waals surface area contributed by atoms with Crippen molar-refractivity contribution in [1.82, 2.24) is 9.55 Å². The van der Waals surface area contributed by atoms with E-state index in [0.29, 0.717) is 18.7 Å². The minimum absolute atomic E-state index is 0.0161. The van der Waals surface area contributed by atoms with Crippen LogP contribution in [0.25, 0.3) is 0 Å². The third kappa shape index (κ3) is 4.06. The predicted octanol–water partition coefficient (Wildman–Crippen LogP) is 5.67. The van der Waals surface area contributed by atoms with E-state index in [1.54, 1.807) is 0 Å². The first kappa shape index (κ1) is 23.7. The normalized spacial score (nSPS) is 22.3. The number of rotatable bonds is 5. The number of amides is 2. The van der Waals surface area contributed by atoms with Gasteiger partial charge in [-0.15, -0.1) is 0 Å². The Labute approximate surface area is 208 Å². The molecule has 3 atom stereocenters. The molecule has 0 spiro atoms. The van der Waals surface area contributed by atoms with Crippen LogP contribution in [0.2, 0.25) is 18.1 Å². The van der Waals surface area contributed by atoms with E-state index >= 15 is 0 Å². The highest BCUT2D eigenvalue weighted by atomic mass is 28.4. The molecular formula is C28H33N3O3Si. The maximum Gasteiger partial charge on any atom is 0.243 e. The maximum atomic E-state index is 13.8.